The zero-order valence-corrected chi connectivity index (χ0v) is 12.2. The van der Waals surface area contributed by atoms with Crippen LogP contribution in [-0.4, -0.2) is 40.3 Å². The van der Waals surface area contributed by atoms with Crippen LogP contribution in [-0.2, 0) is 13.6 Å². The van der Waals surface area contributed by atoms with Gasteiger partial charge in [-0.15, -0.1) is 0 Å². The van der Waals surface area contributed by atoms with Crippen molar-refractivity contribution in [1.29, 1.82) is 0 Å². The maximum atomic E-state index is 9.67. The molecule has 5 nitrogen and oxygen atoms in total. The van der Waals surface area contributed by atoms with E-state index in [-0.39, 0.29) is 12.6 Å². The molecule has 0 radical (unpaired) electrons. The second kappa shape index (κ2) is 6.54. The molecule has 0 spiro atoms. The summed E-state index contributed by atoms with van der Waals surface area (Å²) in [6.45, 7) is 0.744. The minimum absolute atomic E-state index is 0.0578. The van der Waals surface area contributed by atoms with Crippen LogP contribution in [0.3, 0.4) is 0 Å². The number of hydrogen-bond acceptors (Lipinski definition) is 4. The zero-order chi connectivity index (χ0) is 14.5. The number of aromatic nitrogens is 2. The molecule has 0 amide bonds. The normalized spacial score (nSPS) is 12.7. The van der Waals surface area contributed by atoms with Crippen LogP contribution >= 0.6 is 0 Å². The number of methoxy groups -OCH3 is 1. The van der Waals surface area contributed by atoms with Gasteiger partial charge in [0.15, 0.2) is 0 Å². The third-order valence-corrected chi connectivity index (χ3v) is 3.52. The van der Waals surface area contributed by atoms with Gasteiger partial charge in [0.1, 0.15) is 11.6 Å². The van der Waals surface area contributed by atoms with Crippen molar-refractivity contribution in [2.75, 3.05) is 20.8 Å². The Balaban J connectivity index is 2.12. The molecule has 2 aromatic rings. The van der Waals surface area contributed by atoms with E-state index in [1.807, 2.05) is 49.1 Å². The van der Waals surface area contributed by atoms with Crippen molar-refractivity contribution in [2.45, 2.75) is 12.6 Å². The molecule has 0 bridgehead atoms. The molecule has 108 valence electrons. The van der Waals surface area contributed by atoms with Crippen molar-refractivity contribution >= 4 is 0 Å². The van der Waals surface area contributed by atoms with E-state index in [1.165, 1.54) is 0 Å². The number of aryl methyl sites for hydroxylation is 1. The molecule has 0 fully saturated rings. The fraction of sp³-hybridized carbons (Fsp3) is 0.400. The number of rotatable bonds is 6. The lowest BCUT2D eigenvalue weighted by atomic mass is 10.1. The molecule has 5 heteroatoms. The number of likely N-dealkylation sites (N-methyl/N-ethyl adjacent to an activating group) is 1. The second-order valence-electron chi connectivity index (χ2n) is 4.84. The fourth-order valence-corrected chi connectivity index (χ4v) is 2.21. The maximum Gasteiger partial charge on any atom is 0.122 e. The molecule has 0 saturated carbocycles. The van der Waals surface area contributed by atoms with Crippen LogP contribution in [0.2, 0.25) is 0 Å². The maximum absolute atomic E-state index is 9.67. The Labute approximate surface area is 119 Å². The number of imidazole rings is 1. The lowest BCUT2D eigenvalue weighted by Gasteiger charge is -2.26. The van der Waals surface area contributed by atoms with Gasteiger partial charge in [0.05, 0.1) is 26.3 Å². The highest BCUT2D eigenvalue weighted by Crippen LogP contribution is 2.22. The lowest BCUT2D eigenvalue weighted by Crippen LogP contribution is -2.28. The predicted molar refractivity (Wildman–Crippen MR) is 77.5 cm³/mol. The van der Waals surface area contributed by atoms with Gasteiger partial charge in [-0.2, -0.15) is 0 Å². The summed E-state index contributed by atoms with van der Waals surface area (Å²) in [6.07, 6.45) is 3.70. The van der Waals surface area contributed by atoms with E-state index in [2.05, 4.69) is 9.88 Å². The molecule has 0 aliphatic carbocycles. The van der Waals surface area contributed by atoms with Crippen molar-refractivity contribution in [3.63, 3.8) is 0 Å². The topological polar surface area (TPSA) is 50.5 Å². The summed E-state index contributed by atoms with van der Waals surface area (Å²) in [4.78, 5) is 6.40. The number of nitrogens with zero attached hydrogens (tertiary/aromatic N) is 3. The van der Waals surface area contributed by atoms with Gasteiger partial charge in [-0.3, -0.25) is 4.90 Å². The molecule has 0 aliphatic heterocycles. The van der Waals surface area contributed by atoms with E-state index in [4.69, 9.17) is 4.74 Å². The molecule has 1 atom stereocenters. The van der Waals surface area contributed by atoms with Crippen LogP contribution < -0.4 is 4.74 Å². The first kappa shape index (κ1) is 14.6. The van der Waals surface area contributed by atoms with Crippen LogP contribution in [0, 0.1) is 0 Å². The molecule has 1 aromatic carbocycles. The largest absolute Gasteiger partial charge is 0.497 e. The van der Waals surface area contributed by atoms with Crippen LogP contribution in [0.1, 0.15) is 17.4 Å². The van der Waals surface area contributed by atoms with Crippen LogP contribution in [0.5, 0.6) is 5.75 Å². The van der Waals surface area contributed by atoms with Crippen molar-refractivity contribution < 1.29 is 9.84 Å². The monoisotopic (exact) mass is 275 g/mol. The van der Waals surface area contributed by atoms with E-state index in [0.717, 1.165) is 17.1 Å². The molecule has 1 N–H and O–H groups in total. The van der Waals surface area contributed by atoms with Crippen LogP contribution in [0.15, 0.2) is 36.7 Å². The minimum Gasteiger partial charge on any atom is -0.497 e. The van der Waals surface area contributed by atoms with Crippen LogP contribution in [0.25, 0.3) is 0 Å². The van der Waals surface area contributed by atoms with Gasteiger partial charge in [-0.1, -0.05) is 12.1 Å². The third kappa shape index (κ3) is 3.18. The Hall–Kier alpha value is -1.85. The Kier molecular flexibility index (Phi) is 4.76. The van der Waals surface area contributed by atoms with Gasteiger partial charge in [0, 0.05) is 19.4 Å². The van der Waals surface area contributed by atoms with Gasteiger partial charge in [0.2, 0.25) is 0 Å². The number of aliphatic hydroxyl groups excluding tert-OH is 1. The summed E-state index contributed by atoms with van der Waals surface area (Å²) in [7, 11) is 5.60. The average Bonchev–Trinajstić information content (AvgIpc) is 2.86. The van der Waals surface area contributed by atoms with Gasteiger partial charge < -0.3 is 14.4 Å². The number of hydrogen-bond donors (Lipinski definition) is 1. The minimum atomic E-state index is -0.0578. The van der Waals surface area contributed by atoms with Crippen LogP contribution in [0.4, 0.5) is 0 Å². The van der Waals surface area contributed by atoms with E-state index in [9.17, 15) is 5.11 Å². The molecular formula is C15H21N3O2. The molecule has 1 heterocycles. The molecule has 0 aliphatic rings. The second-order valence-corrected chi connectivity index (χ2v) is 4.84. The Morgan fingerprint density at radius 1 is 1.35 bits per heavy atom. The first-order valence-corrected chi connectivity index (χ1v) is 6.57. The van der Waals surface area contributed by atoms with Crippen molar-refractivity contribution in [3.8, 4) is 5.75 Å². The summed E-state index contributed by atoms with van der Waals surface area (Å²) in [6, 6.07) is 7.72. The van der Waals surface area contributed by atoms with E-state index >= 15 is 0 Å². The number of benzene rings is 1. The quantitative estimate of drug-likeness (QED) is 0.870. The smallest absolute Gasteiger partial charge is 0.122 e. The Morgan fingerprint density at radius 3 is 2.55 bits per heavy atom. The highest BCUT2D eigenvalue weighted by atomic mass is 16.5. The van der Waals surface area contributed by atoms with E-state index < -0.39 is 0 Å². The molecule has 2 rings (SSSR count). The summed E-state index contributed by atoms with van der Waals surface area (Å²) < 4.78 is 7.14. The summed E-state index contributed by atoms with van der Waals surface area (Å²) in [5.74, 6) is 1.79. The van der Waals surface area contributed by atoms with Gasteiger partial charge in [0.25, 0.3) is 0 Å². The van der Waals surface area contributed by atoms with Crippen molar-refractivity contribution in [1.82, 2.24) is 14.5 Å². The first-order valence-electron chi connectivity index (χ1n) is 6.57. The van der Waals surface area contributed by atoms with E-state index in [0.29, 0.717) is 6.54 Å². The van der Waals surface area contributed by atoms with E-state index in [1.54, 1.807) is 13.3 Å². The summed E-state index contributed by atoms with van der Waals surface area (Å²) in [5, 5.41) is 9.67. The van der Waals surface area contributed by atoms with Crippen molar-refractivity contribution in [2.24, 2.45) is 7.05 Å². The van der Waals surface area contributed by atoms with Gasteiger partial charge >= 0.3 is 0 Å². The van der Waals surface area contributed by atoms with Crippen molar-refractivity contribution in [3.05, 3.63) is 48.0 Å². The number of ether oxygens (including phenoxy) is 1. The zero-order valence-electron chi connectivity index (χ0n) is 12.2. The molecule has 1 unspecified atom stereocenters. The molecular weight excluding hydrogens is 254 g/mol. The third-order valence-electron chi connectivity index (χ3n) is 3.52. The highest BCUT2D eigenvalue weighted by molar-refractivity contribution is 5.29. The standard InChI is InChI=1S/C15H21N3O2/c1-17-9-8-16-15(17)10-18(2)14(11-19)12-4-6-13(20-3)7-5-12/h4-9,14,19H,10-11H2,1-3H3. The first-order chi connectivity index (χ1) is 9.65. The Morgan fingerprint density at radius 2 is 2.05 bits per heavy atom. The van der Waals surface area contributed by atoms with Gasteiger partial charge in [-0.25, -0.2) is 4.98 Å². The molecule has 20 heavy (non-hydrogen) atoms. The SMILES string of the molecule is COc1ccc(C(CO)N(C)Cc2nccn2C)cc1. The average molecular weight is 275 g/mol. The number of aliphatic hydroxyl groups is 1. The van der Waals surface area contributed by atoms with Gasteiger partial charge in [-0.05, 0) is 24.7 Å². The predicted octanol–water partition coefficient (Wildman–Crippen LogP) is 1.59. The summed E-state index contributed by atoms with van der Waals surface area (Å²) in [5.41, 5.74) is 1.06. The molecule has 0 saturated heterocycles. The Bertz CT molecular complexity index is 536. The lowest BCUT2D eigenvalue weighted by molar-refractivity contribution is 0.139. The summed E-state index contributed by atoms with van der Waals surface area (Å²) >= 11 is 0. The fourth-order valence-electron chi connectivity index (χ4n) is 2.21. The highest BCUT2D eigenvalue weighted by Gasteiger charge is 2.17. The molecule has 1 aromatic heterocycles.